The van der Waals surface area contributed by atoms with Crippen molar-refractivity contribution in [3.8, 4) is 17.2 Å². The monoisotopic (exact) mass is 495 g/mol. The summed E-state index contributed by atoms with van der Waals surface area (Å²) in [5.41, 5.74) is 4.51. The van der Waals surface area contributed by atoms with Crippen LogP contribution in [-0.2, 0) is 6.42 Å². The van der Waals surface area contributed by atoms with E-state index in [1.165, 1.54) is 36.1 Å². The molecule has 1 atom stereocenters. The van der Waals surface area contributed by atoms with Crippen LogP contribution in [0.1, 0.15) is 67.6 Å². The first kappa shape index (κ1) is 26.1. The summed E-state index contributed by atoms with van der Waals surface area (Å²) in [5, 5.41) is 3.22. The summed E-state index contributed by atoms with van der Waals surface area (Å²) in [5.74, 6) is 1.48. The number of likely N-dealkylation sites (N-methyl/N-ethyl adjacent to an activating group) is 1. The molecule has 1 amide bonds. The molecule has 0 saturated carbocycles. The molecule has 1 unspecified atom stereocenters. The van der Waals surface area contributed by atoms with Crippen molar-refractivity contribution in [1.82, 2.24) is 10.2 Å². The molecule has 1 saturated heterocycles. The van der Waals surface area contributed by atoms with Crippen molar-refractivity contribution in [2.45, 2.75) is 52.5 Å². The summed E-state index contributed by atoms with van der Waals surface area (Å²) in [4.78, 5) is 18.2. The summed E-state index contributed by atoms with van der Waals surface area (Å²) in [6.07, 6.45) is 4.75. The second-order valence-electron chi connectivity index (χ2n) is 9.48. The molecule has 0 spiro atoms. The molecule has 0 aliphatic carbocycles. The van der Waals surface area contributed by atoms with E-state index >= 15 is 0 Å². The molecule has 4 rings (SSSR count). The highest BCUT2D eigenvalue weighted by molar-refractivity contribution is 5.95. The number of likely N-dealkylation sites (tertiary alicyclic amines) is 1. The smallest absolute Gasteiger partial charge is 0.251 e. The summed E-state index contributed by atoms with van der Waals surface area (Å²) in [6.45, 7) is 10.9. The Morgan fingerprint density at radius 1 is 0.917 bits per heavy atom. The Kier molecular flexibility index (Phi) is 8.97. The maximum atomic E-state index is 13.4. The number of benzene rings is 2. The molecule has 36 heavy (non-hydrogen) atoms. The molecule has 2 heterocycles. The number of rotatable bonds is 11. The van der Waals surface area contributed by atoms with Crippen LogP contribution in [0.2, 0.25) is 0 Å². The Labute approximate surface area is 215 Å². The number of amides is 1. The lowest BCUT2D eigenvalue weighted by Crippen LogP contribution is -2.40. The fraction of sp³-hybridized carbons (Fsp3) is 0.552. The van der Waals surface area contributed by atoms with E-state index in [2.05, 4.69) is 40.4 Å². The number of fused-ring (bicyclic) bond motifs is 1. The van der Waals surface area contributed by atoms with Gasteiger partial charge in [-0.15, -0.1) is 0 Å². The molecule has 1 N–H and O–H groups in total. The lowest BCUT2D eigenvalue weighted by molar-refractivity contribution is 0.0923. The molecule has 1 fully saturated rings. The molecule has 2 aliphatic heterocycles. The minimum absolute atomic E-state index is 0.136. The van der Waals surface area contributed by atoms with Gasteiger partial charge < -0.3 is 24.4 Å². The first-order valence-corrected chi connectivity index (χ1v) is 13.5. The molecule has 196 valence electrons. The van der Waals surface area contributed by atoms with Gasteiger partial charge in [-0.05, 0) is 82.4 Å². The molecule has 0 aromatic heterocycles. The number of piperidine rings is 1. The zero-order chi connectivity index (χ0) is 25.5. The van der Waals surface area contributed by atoms with Crippen LogP contribution in [0.15, 0.2) is 30.3 Å². The standard InChI is InChI=1S/C29H41N3O4/c1-5-34-26-18-23(19-27(35-6-2)28(26)36-7-3)29(33)30-20-25(32-14-9-8-10-15-32)21-11-12-24-22(17-21)13-16-31(24)4/h11-12,17-19,25H,5-10,13-16,20H2,1-4H3,(H,30,33). The zero-order valence-electron chi connectivity index (χ0n) is 22.3. The van der Waals surface area contributed by atoms with E-state index in [-0.39, 0.29) is 11.9 Å². The number of anilines is 1. The fourth-order valence-corrected chi connectivity index (χ4v) is 5.29. The van der Waals surface area contributed by atoms with E-state index in [0.717, 1.165) is 26.1 Å². The number of hydrogen-bond acceptors (Lipinski definition) is 6. The second kappa shape index (κ2) is 12.3. The van der Waals surface area contributed by atoms with E-state index in [0.29, 0.717) is 49.2 Å². The van der Waals surface area contributed by atoms with Crippen LogP contribution >= 0.6 is 0 Å². The number of carbonyl (C=O) groups is 1. The Morgan fingerprint density at radius 2 is 1.58 bits per heavy atom. The highest BCUT2D eigenvalue weighted by Crippen LogP contribution is 2.39. The fourth-order valence-electron chi connectivity index (χ4n) is 5.29. The van der Waals surface area contributed by atoms with E-state index in [9.17, 15) is 4.79 Å². The molecular weight excluding hydrogens is 454 g/mol. The number of hydrogen-bond donors (Lipinski definition) is 1. The molecule has 7 nitrogen and oxygen atoms in total. The van der Waals surface area contributed by atoms with Crippen molar-refractivity contribution in [1.29, 1.82) is 0 Å². The van der Waals surface area contributed by atoms with Crippen LogP contribution in [0, 0.1) is 0 Å². The lowest BCUT2D eigenvalue weighted by atomic mass is 9.98. The Bertz CT molecular complexity index is 1010. The van der Waals surface area contributed by atoms with Gasteiger partial charge >= 0.3 is 0 Å². The van der Waals surface area contributed by atoms with Crippen molar-refractivity contribution >= 4 is 11.6 Å². The summed E-state index contributed by atoms with van der Waals surface area (Å²) in [6, 6.07) is 10.5. The predicted octanol–water partition coefficient (Wildman–Crippen LogP) is 4.83. The van der Waals surface area contributed by atoms with Gasteiger partial charge in [0.05, 0.1) is 25.9 Å². The summed E-state index contributed by atoms with van der Waals surface area (Å²) < 4.78 is 17.4. The summed E-state index contributed by atoms with van der Waals surface area (Å²) in [7, 11) is 2.15. The van der Waals surface area contributed by atoms with Crippen LogP contribution in [0.5, 0.6) is 17.2 Å². The van der Waals surface area contributed by atoms with Gasteiger partial charge in [0.15, 0.2) is 11.5 Å². The molecular formula is C29H41N3O4. The van der Waals surface area contributed by atoms with Crippen LogP contribution in [0.3, 0.4) is 0 Å². The highest BCUT2D eigenvalue weighted by atomic mass is 16.5. The van der Waals surface area contributed by atoms with E-state index in [1.54, 1.807) is 12.1 Å². The topological polar surface area (TPSA) is 63.3 Å². The van der Waals surface area contributed by atoms with E-state index < -0.39 is 0 Å². The number of nitrogens with one attached hydrogen (secondary N) is 1. The van der Waals surface area contributed by atoms with Gasteiger partial charge in [0, 0.05) is 31.4 Å². The molecule has 7 heteroatoms. The first-order chi connectivity index (χ1) is 17.5. The van der Waals surface area contributed by atoms with Crippen molar-refractivity contribution in [3.05, 3.63) is 47.0 Å². The Hall–Kier alpha value is -2.93. The maximum absolute atomic E-state index is 13.4. The lowest BCUT2D eigenvalue weighted by Gasteiger charge is -2.35. The number of carbonyl (C=O) groups excluding carboxylic acids is 1. The molecule has 2 aliphatic rings. The Balaban J connectivity index is 1.57. The predicted molar refractivity (Wildman–Crippen MR) is 144 cm³/mol. The van der Waals surface area contributed by atoms with Gasteiger partial charge in [0.2, 0.25) is 5.75 Å². The average molecular weight is 496 g/mol. The van der Waals surface area contributed by atoms with Crippen LogP contribution in [0.25, 0.3) is 0 Å². The normalized spacial score (nSPS) is 16.4. The van der Waals surface area contributed by atoms with Crippen molar-refractivity contribution in [2.75, 3.05) is 57.9 Å². The zero-order valence-corrected chi connectivity index (χ0v) is 22.3. The minimum atomic E-state index is -0.136. The first-order valence-electron chi connectivity index (χ1n) is 13.5. The Morgan fingerprint density at radius 3 is 2.22 bits per heavy atom. The van der Waals surface area contributed by atoms with Gasteiger partial charge in [0.25, 0.3) is 5.91 Å². The maximum Gasteiger partial charge on any atom is 0.251 e. The van der Waals surface area contributed by atoms with Crippen molar-refractivity contribution in [3.63, 3.8) is 0 Å². The summed E-state index contributed by atoms with van der Waals surface area (Å²) >= 11 is 0. The molecule has 0 radical (unpaired) electrons. The average Bonchev–Trinajstić information content (AvgIpc) is 3.26. The van der Waals surface area contributed by atoms with Crippen LogP contribution < -0.4 is 24.4 Å². The SMILES string of the molecule is CCOc1cc(C(=O)NCC(c2ccc3c(c2)CCN3C)N2CCCCC2)cc(OCC)c1OCC. The third-order valence-electron chi connectivity index (χ3n) is 7.07. The van der Waals surface area contributed by atoms with Gasteiger partial charge in [-0.2, -0.15) is 0 Å². The number of nitrogens with zero attached hydrogens (tertiary/aromatic N) is 2. The van der Waals surface area contributed by atoms with Gasteiger partial charge in [0.1, 0.15) is 0 Å². The molecule has 0 bridgehead atoms. The molecule has 2 aromatic rings. The molecule has 2 aromatic carbocycles. The third kappa shape index (κ3) is 5.89. The van der Waals surface area contributed by atoms with Crippen LogP contribution in [0.4, 0.5) is 5.69 Å². The largest absolute Gasteiger partial charge is 0.490 e. The van der Waals surface area contributed by atoms with E-state index in [4.69, 9.17) is 14.2 Å². The van der Waals surface area contributed by atoms with E-state index in [1.807, 2.05) is 20.8 Å². The van der Waals surface area contributed by atoms with Crippen molar-refractivity contribution < 1.29 is 19.0 Å². The van der Waals surface area contributed by atoms with Crippen LogP contribution in [-0.4, -0.2) is 63.9 Å². The van der Waals surface area contributed by atoms with Gasteiger partial charge in [-0.25, -0.2) is 0 Å². The van der Waals surface area contributed by atoms with Gasteiger partial charge in [-0.1, -0.05) is 18.6 Å². The minimum Gasteiger partial charge on any atom is -0.490 e. The third-order valence-corrected chi connectivity index (χ3v) is 7.07. The highest BCUT2D eigenvalue weighted by Gasteiger charge is 2.26. The number of ether oxygens (including phenoxy) is 3. The van der Waals surface area contributed by atoms with Gasteiger partial charge in [-0.3, -0.25) is 9.69 Å². The van der Waals surface area contributed by atoms with Crippen molar-refractivity contribution in [2.24, 2.45) is 0 Å². The second-order valence-corrected chi connectivity index (χ2v) is 9.48. The quantitative estimate of drug-likeness (QED) is 0.482.